The van der Waals surface area contributed by atoms with Gasteiger partial charge in [0.2, 0.25) is 6.79 Å². The number of esters is 2. The first-order valence-corrected chi connectivity index (χ1v) is 4.28. The predicted octanol–water partition coefficient (Wildman–Crippen LogP) is 1.34. The molecule has 0 unspecified atom stereocenters. The first-order chi connectivity index (χ1) is 5.95. The number of hydrogen-bond donors (Lipinski definition) is 0. The molecule has 0 aliphatic heterocycles. The highest BCUT2D eigenvalue weighted by molar-refractivity contribution is 5.73. The Hall–Kier alpha value is -1.06. The van der Waals surface area contributed by atoms with Gasteiger partial charge in [-0.15, -0.1) is 0 Å². The number of carbonyl (C=O) groups excluding carboxylic acids is 2. The van der Waals surface area contributed by atoms with Gasteiger partial charge in [0.1, 0.15) is 0 Å². The molecule has 0 radical (unpaired) electrons. The highest BCUT2D eigenvalue weighted by Crippen LogP contribution is 1.98. The second-order valence-corrected chi connectivity index (χ2v) is 3.35. The SMILES string of the molecule is CC(C)C(=O)OCOC(=O)C(C)C. The van der Waals surface area contributed by atoms with Crippen LogP contribution in [0.5, 0.6) is 0 Å². The molecule has 4 heteroatoms. The summed E-state index contributed by atoms with van der Waals surface area (Å²) in [4.78, 5) is 21.8. The fourth-order valence-corrected chi connectivity index (χ4v) is 0.479. The van der Waals surface area contributed by atoms with Crippen LogP contribution in [0.1, 0.15) is 27.7 Å². The van der Waals surface area contributed by atoms with Crippen LogP contribution in [0.15, 0.2) is 0 Å². The molecule has 0 aromatic carbocycles. The van der Waals surface area contributed by atoms with E-state index in [0.29, 0.717) is 0 Å². The van der Waals surface area contributed by atoms with Gasteiger partial charge in [-0.3, -0.25) is 9.59 Å². The fourth-order valence-electron chi connectivity index (χ4n) is 0.479. The molecule has 4 nitrogen and oxygen atoms in total. The molecule has 0 saturated heterocycles. The molecule has 0 atom stereocenters. The summed E-state index contributed by atoms with van der Waals surface area (Å²) in [5.74, 6) is -1.12. The largest absolute Gasteiger partial charge is 0.428 e. The average molecular weight is 188 g/mol. The number of ether oxygens (including phenoxy) is 2. The minimum atomic E-state index is -0.364. The maximum absolute atomic E-state index is 10.9. The topological polar surface area (TPSA) is 52.6 Å². The summed E-state index contributed by atoms with van der Waals surface area (Å²) in [5.41, 5.74) is 0. The second-order valence-electron chi connectivity index (χ2n) is 3.35. The molecule has 13 heavy (non-hydrogen) atoms. The summed E-state index contributed by atoms with van der Waals surface area (Å²) < 4.78 is 9.28. The van der Waals surface area contributed by atoms with Crippen molar-refractivity contribution >= 4 is 11.9 Å². The summed E-state index contributed by atoms with van der Waals surface area (Å²) in [6.07, 6.45) is 0. The fraction of sp³-hybridized carbons (Fsp3) is 0.778. The molecule has 0 N–H and O–H groups in total. The molecule has 0 amide bonds. The van der Waals surface area contributed by atoms with E-state index in [9.17, 15) is 9.59 Å². The summed E-state index contributed by atoms with van der Waals surface area (Å²) in [5, 5.41) is 0. The quantitative estimate of drug-likeness (QED) is 0.493. The Morgan fingerprint density at radius 2 is 1.23 bits per heavy atom. The summed E-state index contributed by atoms with van der Waals surface area (Å²) in [7, 11) is 0. The van der Waals surface area contributed by atoms with Gasteiger partial charge in [0.15, 0.2) is 0 Å². The van der Waals surface area contributed by atoms with Gasteiger partial charge in [-0.1, -0.05) is 27.7 Å². The smallest absolute Gasteiger partial charge is 0.311 e. The molecule has 76 valence electrons. The third-order valence-corrected chi connectivity index (χ3v) is 1.35. The summed E-state index contributed by atoms with van der Waals surface area (Å²) >= 11 is 0. The van der Waals surface area contributed by atoms with E-state index in [2.05, 4.69) is 9.47 Å². The Morgan fingerprint density at radius 1 is 0.923 bits per heavy atom. The van der Waals surface area contributed by atoms with Crippen LogP contribution in [0.25, 0.3) is 0 Å². The highest BCUT2D eigenvalue weighted by atomic mass is 16.7. The van der Waals surface area contributed by atoms with Crippen LogP contribution in [0.3, 0.4) is 0 Å². The van der Waals surface area contributed by atoms with Gasteiger partial charge in [-0.2, -0.15) is 0 Å². The molecule has 0 aromatic heterocycles. The van der Waals surface area contributed by atoms with Crippen molar-refractivity contribution in [2.24, 2.45) is 11.8 Å². The molecule has 0 aromatic rings. The second kappa shape index (κ2) is 5.56. The van der Waals surface area contributed by atoms with Crippen molar-refractivity contribution < 1.29 is 19.1 Å². The zero-order valence-electron chi connectivity index (χ0n) is 8.49. The molecule has 0 bridgehead atoms. The standard InChI is InChI=1S/C9H16O4/c1-6(2)8(10)12-5-13-9(11)7(3)4/h6-7H,5H2,1-4H3. The van der Waals surface area contributed by atoms with Crippen LogP contribution < -0.4 is 0 Å². The van der Waals surface area contributed by atoms with Crippen LogP contribution in [0.4, 0.5) is 0 Å². The van der Waals surface area contributed by atoms with E-state index >= 15 is 0 Å². The van der Waals surface area contributed by atoms with Crippen molar-refractivity contribution in [3.05, 3.63) is 0 Å². The normalized spacial score (nSPS) is 10.3. The Bertz CT molecular complexity index is 164. The van der Waals surface area contributed by atoms with Crippen LogP contribution >= 0.6 is 0 Å². The van der Waals surface area contributed by atoms with E-state index in [4.69, 9.17) is 0 Å². The Labute approximate surface area is 78.2 Å². The number of carbonyl (C=O) groups is 2. The molecule has 0 fully saturated rings. The van der Waals surface area contributed by atoms with Crippen molar-refractivity contribution in [2.45, 2.75) is 27.7 Å². The lowest BCUT2D eigenvalue weighted by atomic mass is 10.2. The van der Waals surface area contributed by atoms with Gasteiger partial charge in [0.25, 0.3) is 0 Å². The van der Waals surface area contributed by atoms with Gasteiger partial charge >= 0.3 is 11.9 Å². The average Bonchev–Trinajstić information content (AvgIpc) is 2.03. The summed E-state index contributed by atoms with van der Waals surface area (Å²) in [6.45, 7) is 6.58. The van der Waals surface area contributed by atoms with Gasteiger partial charge in [0, 0.05) is 0 Å². The lowest BCUT2D eigenvalue weighted by Gasteiger charge is -2.08. The van der Waals surface area contributed by atoms with E-state index in [1.165, 1.54) is 0 Å². The maximum atomic E-state index is 10.9. The molecule has 0 heterocycles. The third-order valence-electron chi connectivity index (χ3n) is 1.35. The molecule has 0 spiro atoms. The molecule has 0 rings (SSSR count). The number of rotatable bonds is 4. The molecule has 0 aliphatic rings. The van der Waals surface area contributed by atoms with Crippen molar-refractivity contribution in [3.63, 3.8) is 0 Å². The molecular weight excluding hydrogens is 172 g/mol. The molecular formula is C9H16O4. The Morgan fingerprint density at radius 3 is 1.46 bits per heavy atom. The number of hydrogen-bond acceptors (Lipinski definition) is 4. The first-order valence-electron chi connectivity index (χ1n) is 4.28. The maximum Gasteiger partial charge on any atom is 0.311 e. The van der Waals surface area contributed by atoms with Crippen molar-refractivity contribution in [2.75, 3.05) is 6.79 Å². The van der Waals surface area contributed by atoms with E-state index in [1.807, 2.05) is 0 Å². The zero-order chi connectivity index (χ0) is 10.4. The minimum Gasteiger partial charge on any atom is -0.428 e. The Kier molecular flexibility index (Phi) is 5.11. The molecule has 0 saturated carbocycles. The van der Waals surface area contributed by atoms with Crippen LogP contribution in [0, 0.1) is 11.8 Å². The van der Waals surface area contributed by atoms with Crippen LogP contribution in [-0.2, 0) is 19.1 Å². The van der Waals surface area contributed by atoms with E-state index in [1.54, 1.807) is 27.7 Å². The van der Waals surface area contributed by atoms with E-state index in [0.717, 1.165) is 0 Å². The predicted molar refractivity (Wildman–Crippen MR) is 46.7 cm³/mol. The van der Waals surface area contributed by atoms with E-state index < -0.39 is 0 Å². The highest BCUT2D eigenvalue weighted by Gasteiger charge is 2.11. The minimum absolute atomic E-state index is 0.197. The third kappa shape index (κ3) is 5.22. The van der Waals surface area contributed by atoms with Gasteiger partial charge in [-0.25, -0.2) is 0 Å². The monoisotopic (exact) mass is 188 g/mol. The Balaban J connectivity index is 3.57. The van der Waals surface area contributed by atoms with E-state index in [-0.39, 0.29) is 30.6 Å². The summed E-state index contributed by atoms with van der Waals surface area (Å²) in [6, 6.07) is 0. The van der Waals surface area contributed by atoms with Crippen LogP contribution in [-0.4, -0.2) is 18.7 Å². The lowest BCUT2D eigenvalue weighted by molar-refractivity contribution is -0.171. The van der Waals surface area contributed by atoms with Gasteiger partial charge in [-0.05, 0) is 0 Å². The first kappa shape index (κ1) is 11.9. The van der Waals surface area contributed by atoms with Gasteiger partial charge < -0.3 is 9.47 Å². The zero-order valence-corrected chi connectivity index (χ0v) is 8.49. The van der Waals surface area contributed by atoms with Crippen LogP contribution in [0.2, 0.25) is 0 Å². The van der Waals surface area contributed by atoms with Gasteiger partial charge in [0.05, 0.1) is 11.8 Å². The van der Waals surface area contributed by atoms with Crippen molar-refractivity contribution in [3.8, 4) is 0 Å². The lowest BCUT2D eigenvalue weighted by Crippen LogP contribution is -2.18. The van der Waals surface area contributed by atoms with Crippen molar-refractivity contribution in [1.82, 2.24) is 0 Å². The van der Waals surface area contributed by atoms with Crippen molar-refractivity contribution in [1.29, 1.82) is 0 Å². The molecule has 0 aliphatic carbocycles.